The van der Waals surface area contributed by atoms with Gasteiger partial charge in [-0.2, -0.15) is 0 Å². The number of hydrogen-bond donors (Lipinski definition) is 1. The van der Waals surface area contributed by atoms with Crippen molar-refractivity contribution in [1.29, 1.82) is 0 Å². The first-order valence-electron chi connectivity index (χ1n) is 5.67. The molecule has 0 bridgehead atoms. The summed E-state index contributed by atoms with van der Waals surface area (Å²) < 4.78 is 1.53. The third kappa shape index (κ3) is 2.20. The largest absolute Gasteiger partial charge is 0.481 e. The Balaban J connectivity index is 2.17. The predicted octanol–water partition coefficient (Wildman–Crippen LogP) is 1.10. The Hall–Kier alpha value is -1.46. The van der Waals surface area contributed by atoms with Gasteiger partial charge in [0, 0.05) is 0 Å². The average molecular weight is 224 g/mol. The molecule has 6 heteroatoms. The summed E-state index contributed by atoms with van der Waals surface area (Å²) >= 11 is 0. The molecule has 0 saturated heterocycles. The van der Waals surface area contributed by atoms with E-state index in [1.54, 1.807) is 0 Å². The van der Waals surface area contributed by atoms with Crippen molar-refractivity contribution in [3.63, 3.8) is 0 Å². The van der Waals surface area contributed by atoms with Crippen LogP contribution >= 0.6 is 0 Å². The maximum Gasteiger partial charge on any atom is 0.311 e. The monoisotopic (exact) mass is 224 g/mol. The van der Waals surface area contributed by atoms with Gasteiger partial charge in [0.05, 0.1) is 12.0 Å². The smallest absolute Gasteiger partial charge is 0.311 e. The van der Waals surface area contributed by atoms with E-state index in [1.807, 2.05) is 0 Å². The molecule has 0 radical (unpaired) electrons. The lowest BCUT2D eigenvalue weighted by Gasteiger charge is -2.27. The van der Waals surface area contributed by atoms with Crippen molar-refractivity contribution < 1.29 is 9.90 Å². The van der Waals surface area contributed by atoms with E-state index in [2.05, 4.69) is 15.5 Å². The number of carboxylic acid groups (broad SMARTS) is 1. The molecule has 0 aliphatic heterocycles. The van der Waals surface area contributed by atoms with Gasteiger partial charge < -0.3 is 5.11 Å². The summed E-state index contributed by atoms with van der Waals surface area (Å²) in [5, 5.41) is 20.3. The maximum absolute atomic E-state index is 11.5. The van der Waals surface area contributed by atoms with Crippen LogP contribution in [-0.4, -0.2) is 31.3 Å². The molecular weight excluding hydrogens is 208 g/mol. The molecule has 1 aromatic rings. The highest BCUT2D eigenvalue weighted by Crippen LogP contribution is 2.36. The van der Waals surface area contributed by atoms with Crippen LogP contribution in [0.1, 0.15) is 38.5 Å². The zero-order valence-corrected chi connectivity index (χ0v) is 9.17. The lowest BCUT2D eigenvalue weighted by Crippen LogP contribution is -2.35. The van der Waals surface area contributed by atoms with E-state index in [4.69, 9.17) is 0 Å². The highest BCUT2D eigenvalue weighted by atomic mass is 16.4. The molecule has 2 rings (SSSR count). The van der Waals surface area contributed by atoms with Gasteiger partial charge in [0.2, 0.25) is 0 Å². The SMILES string of the molecule is O=C(O)C1(Cn2cnnn2)CCCCCC1. The first kappa shape index (κ1) is 11.0. The van der Waals surface area contributed by atoms with Crippen molar-refractivity contribution in [2.45, 2.75) is 45.1 Å². The zero-order chi connectivity index (χ0) is 11.4. The Bertz CT molecular complexity index is 342. The van der Waals surface area contributed by atoms with Crippen LogP contribution in [0.4, 0.5) is 0 Å². The van der Waals surface area contributed by atoms with E-state index in [0.29, 0.717) is 6.54 Å². The van der Waals surface area contributed by atoms with E-state index in [1.165, 1.54) is 11.0 Å². The maximum atomic E-state index is 11.5. The van der Waals surface area contributed by atoms with Gasteiger partial charge in [-0.25, -0.2) is 4.68 Å². The van der Waals surface area contributed by atoms with Crippen LogP contribution in [0.25, 0.3) is 0 Å². The third-order valence-electron chi connectivity index (χ3n) is 3.37. The van der Waals surface area contributed by atoms with E-state index < -0.39 is 11.4 Å². The summed E-state index contributed by atoms with van der Waals surface area (Å²) in [4.78, 5) is 11.5. The van der Waals surface area contributed by atoms with Crippen LogP contribution in [0.2, 0.25) is 0 Å². The number of aliphatic carboxylic acids is 1. The van der Waals surface area contributed by atoms with Crippen molar-refractivity contribution >= 4 is 5.97 Å². The minimum absolute atomic E-state index is 0.384. The second kappa shape index (κ2) is 4.59. The summed E-state index contributed by atoms with van der Waals surface area (Å²) in [7, 11) is 0. The van der Waals surface area contributed by atoms with Crippen molar-refractivity contribution in [2.24, 2.45) is 5.41 Å². The van der Waals surface area contributed by atoms with Crippen LogP contribution < -0.4 is 0 Å². The van der Waals surface area contributed by atoms with Gasteiger partial charge in [0.15, 0.2) is 0 Å². The number of tetrazole rings is 1. The first-order chi connectivity index (χ1) is 7.73. The van der Waals surface area contributed by atoms with Crippen LogP contribution in [-0.2, 0) is 11.3 Å². The number of aromatic nitrogens is 4. The van der Waals surface area contributed by atoms with Crippen molar-refractivity contribution in [1.82, 2.24) is 20.2 Å². The van der Waals surface area contributed by atoms with Crippen LogP contribution in [0.15, 0.2) is 6.33 Å². The fourth-order valence-electron chi connectivity index (χ4n) is 2.41. The van der Waals surface area contributed by atoms with Crippen molar-refractivity contribution in [3.8, 4) is 0 Å². The van der Waals surface area contributed by atoms with E-state index >= 15 is 0 Å². The molecule has 16 heavy (non-hydrogen) atoms. The Labute approximate surface area is 93.6 Å². The molecule has 0 amide bonds. The van der Waals surface area contributed by atoms with E-state index in [9.17, 15) is 9.90 Å². The standard InChI is InChI=1S/C10H16N4O2/c15-9(16)10(5-3-1-2-4-6-10)7-14-8-11-12-13-14/h8H,1-7H2,(H,15,16). The molecule has 0 aromatic carbocycles. The summed E-state index contributed by atoms with van der Waals surface area (Å²) in [6.45, 7) is 0.384. The number of carboxylic acids is 1. The second-order valence-corrected chi connectivity index (χ2v) is 4.51. The van der Waals surface area contributed by atoms with Crippen LogP contribution in [0.5, 0.6) is 0 Å². The Kier molecular flexibility index (Phi) is 3.17. The molecule has 1 aliphatic rings. The number of carbonyl (C=O) groups is 1. The van der Waals surface area contributed by atoms with Gasteiger partial charge >= 0.3 is 5.97 Å². The van der Waals surface area contributed by atoms with Gasteiger partial charge in [-0.05, 0) is 23.3 Å². The summed E-state index contributed by atoms with van der Waals surface area (Å²) in [5.41, 5.74) is -0.675. The highest BCUT2D eigenvalue weighted by Gasteiger charge is 2.39. The van der Waals surface area contributed by atoms with E-state index in [0.717, 1.165) is 38.5 Å². The van der Waals surface area contributed by atoms with Gasteiger partial charge in [-0.1, -0.05) is 25.7 Å². The summed E-state index contributed by atoms with van der Waals surface area (Å²) in [5.74, 6) is -0.718. The fourth-order valence-corrected chi connectivity index (χ4v) is 2.41. The van der Waals surface area contributed by atoms with Gasteiger partial charge in [-0.15, -0.1) is 5.10 Å². The average Bonchev–Trinajstić information content (AvgIpc) is 2.62. The highest BCUT2D eigenvalue weighted by molar-refractivity contribution is 5.74. The molecule has 6 nitrogen and oxygen atoms in total. The molecule has 88 valence electrons. The Morgan fingerprint density at radius 1 is 1.31 bits per heavy atom. The van der Waals surface area contributed by atoms with Crippen LogP contribution in [0, 0.1) is 5.41 Å². The van der Waals surface area contributed by atoms with Gasteiger partial charge in [0.1, 0.15) is 6.33 Å². The molecule has 1 N–H and O–H groups in total. The minimum atomic E-state index is -0.718. The molecule has 0 spiro atoms. The molecule has 1 aromatic heterocycles. The number of hydrogen-bond acceptors (Lipinski definition) is 4. The Morgan fingerprint density at radius 2 is 2.00 bits per heavy atom. The number of nitrogens with zero attached hydrogens (tertiary/aromatic N) is 4. The first-order valence-corrected chi connectivity index (χ1v) is 5.67. The molecule has 0 atom stereocenters. The third-order valence-corrected chi connectivity index (χ3v) is 3.37. The van der Waals surface area contributed by atoms with Crippen molar-refractivity contribution in [3.05, 3.63) is 6.33 Å². The number of rotatable bonds is 3. The Morgan fingerprint density at radius 3 is 2.50 bits per heavy atom. The fraction of sp³-hybridized carbons (Fsp3) is 0.800. The molecule has 1 fully saturated rings. The molecule has 0 unspecified atom stereocenters. The van der Waals surface area contributed by atoms with Crippen molar-refractivity contribution in [2.75, 3.05) is 0 Å². The molecule has 1 saturated carbocycles. The summed E-state index contributed by atoms with van der Waals surface area (Å²) in [6.07, 6.45) is 7.15. The normalized spacial score (nSPS) is 20.2. The molecule has 1 aliphatic carbocycles. The van der Waals surface area contributed by atoms with Gasteiger partial charge in [0.25, 0.3) is 0 Å². The zero-order valence-electron chi connectivity index (χ0n) is 9.17. The predicted molar refractivity (Wildman–Crippen MR) is 55.6 cm³/mol. The minimum Gasteiger partial charge on any atom is -0.481 e. The van der Waals surface area contributed by atoms with E-state index in [-0.39, 0.29) is 0 Å². The quantitative estimate of drug-likeness (QED) is 0.777. The van der Waals surface area contributed by atoms with Crippen LogP contribution in [0.3, 0.4) is 0 Å². The topological polar surface area (TPSA) is 80.9 Å². The molecular formula is C10H16N4O2. The second-order valence-electron chi connectivity index (χ2n) is 4.51. The lowest BCUT2D eigenvalue weighted by atomic mass is 9.80. The lowest BCUT2D eigenvalue weighted by molar-refractivity contribution is -0.151. The summed E-state index contributed by atoms with van der Waals surface area (Å²) in [6, 6.07) is 0. The van der Waals surface area contributed by atoms with Gasteiger partial charge in [-0.3, -0.25) is 4.79 Å². The molecule has 1 heterocycles.